The molecule has 0 aromatic rings. The lowest BCUT2D eigenvalue weighted by molar-refractivity contribution is 0.190. The minimum absolute atomic E-state index is 0.116. The Bertz CT molecular complexity index is 181. The molecule has 2 unspecified atom stereocenters. The van der Waals surface area contributed by atoms with Gasteiger partial charge in [0.05, 0.1) is 12.2 Å². The van der Waals surface area contributed by atoms with Crippen LogP contribution in [-0.2, 0) is 10.4 Å². The molecule has 15 heavy (non-hydrogen) atoms. The summed E-state index contributed by atoms with van der Waals surface area (Å²) in [5.74, 6) is 0. The van der Waals surface area contributed by atoms with Gasteiger partial charge in [-0.15, -0.1) is 0 Å². The van der Waals surface area contributed by atoms with E-state index in [1.807, 2.05) is 13.8 Å². The van der Waals surface area contributed by atoms with E-state index in [4.69, 9.17) is 27.7 Å². The van der Waals surface area contributed by atoms with Crippen LogP contribution in [-0.4, -0.2) is 39.9 Å². The molecule has 0 rings (SSSR count). The largest absolute Gasteiger partial charge is 0.394 e. The van der Waals surface area contributed by atoms with Crippen molar-refractivity contribution in [1.82, 2.24) is 0 Å². The molecule has 0 saturated heterocycles. The molecule has 0 aromatic heterocycles. The van der Waals surface area contributed by atoms with Crippen LogP contribution in [0.15, 0.2) is 0 Å². The van der Waals surface area contributed by atoms with Crippen LogP contribution in [0, 0.1) is 0 Å². The van der Waals surface area contributed by atoms with Crippen LogP contribution in [0.3, 0.4) is 0 Å². The number of rotatable bonds is 2. The lowest BCUT2D eigenvalue weighted by atomic mass is 10.3. The molecule has 6 nitrogen and oxygen atoms in total. The molecule has 0 saturated carbocycles. The lowest BCUT2D eigenvalue weighted by Crippen LogP contribution is -1.93. The summed E-state index contributed by atoms with van der Waals surface area (Å²) in [7, 11) is -4.67. The average Bonchev–Trinajstić information content (AvgIpc) is 2.02. The van der Waals surface area contributed by atoms with Gasteiger partial charge >= 0.3 is 10.4 Å². The minimum atomic E-state index is -4.67. The number of hydrogen-bond acceptors (Lipinski definition) is 4. The fraction of sp³-hybridized carbons (Fsp3) is 1.00. The zero-order valence-electron chi connectivity index (χ0n) is 9.58. The van der Waals surface area contributed by atoms with Gasteiger partial charge in [-0.05, 0) is 26.7 Å². The van der Waals surface area contributed by atoms with Gasteiger partial charge in [-0.25, -0.2) is 0 Å². The Morgan fingerprint density at radius 2 is 1.00 bits per heavy atom. The molecule has 0 spiro atoms. The van der Waals surface area contributed by atoms with E-state index in [9.17, 15) is 0 Å². The van der Waals surface area contributed by atoms with Crippen molar-refractivity contribution >= 4 is 10.4 Å². The van der Waals surface area contributed by atoms with Crippen molar-refractivity contribution in [3.63, 3.8) is 0 Å². The first-order valence-corrected chi connectivity index (χ1v) is 6.00. The molecule has 0 aliphatic rings. The maximum absolute atomic E-state index is 8.74. The van der Waals surface area contributed by atoms with E-state index < -0.39 is 10.4 Å². The maximum Gasteiger partial charge on any atom is 0.394 e. The predicted molar refractivity (Wildman–Crippen MR) is 58.1 cm³/mol. The molecular formula is C8H22O6S. The van der Waals surface area contributed by atoms with Crippen LogP contribution in [0.1, 0.15) is 40.5 Å². The monoisotopic (exact) mass is 246 g/mol. The van der Waals surface area contributed by atoms with Crippen LogP contribution in [0.5, 0.6) is 0 Å². The van der Waals surface area contributed by atoms with Gasteiger partial charge < -0.3 is 10.2 Å². The number of aliphatic hydroxyl groups excluding tert-OH is 2. The van der Waals surface area contributed by atoms with E-state index >= 15 is 0 Å². The molecule has 0 bridgehead atoms. The zero-order valence-corrected chi connectivity index (χ0v) is 10.4. The normalized spacial score (nSPS) is 13.9. The van der Waals surface area contributed by atoms with E-state index in [0.29, 0.717) is 0 Å². The summed E-state index contributed by atoms with van der Waals surface area (Å²) >= 11 is 0. The van der Waals surface area contributed by atoms with Crippen LogP contribution >= 0.6 is 0 Å². The highest BCUT2D eigenvalue weighted by atomic mass is 32.3. The molecule has 0 fully saturated rings. The van der Waals surface area contributed by atoms with Crippen molar-refractivity contribution in [2.45, 2.75) is 52.7 Å². The Morgan fingerprint density at radius 1 is 0.933 bits per heavy atom. The summed E-state index contributed by atoms with van der Waals surface area (Å²) in [5.41, 5.74) is 0. The molecule has 4 N–H and O–H groups in total. The van der Waals surface area contributed by atoms with Crippen molar-refractivity contribution in [1.29, 1.82) is 0 Å². The second kappa shape index (κ2) is 11.9. The van der Waals surface area contributed by atoms with E-state index in [0.717, 1.165) is 12.8 Å². The molecule has 0 radical (unpaired) electrons. The van der Waals surface area contributed by atoms with Gasteiger partial charge in [0.25, 0.3) is 0 Å². The van der Waals surface area contributed by atoms with Crippen molar-refractivity contribution in [2.24, 2.45) is 0 Å². The molecule has 0 amide bonds. The fourth-order valence-corrected chi connectivity index (χ4v) is 0. The third-order valence-electron chi connectivity index (χ3n) is 1.18. The Balaban J connectivity index is -0.000000144. The number of hydrogen-bond donors (Lipinski definition) is 4. The maximum atomic E-state index is 8.74. The number of aliphatic hydroxyl groups is 2. The summed E-state index contributed by atoms with van der Waals surface area (Å²) in [6.45, 7) is 7.45. The molecule has 0 heterocycles. The third kappa shape index (κ3) is 133. The second-order valence-corrected chi connectivity index (χ2v) is 3.86. The van der Waals surface area contributed by atoms with Crippen molar-refractivity contribution < 1.29 is 27.7 Å². The topological polar surface area (TPSA) is 115 Å². The van der Waals surface area contributed by atoms with Gasteiger partial charge in [-0.1, -0.05) is 13.8 Å². The van der Waals surface area contributed by atoms with Gasteiger partial charge in [0, 0.05) is 0 Å². The molecule has 0 aliphatic carbocycles. The molecular weight excluding hydrogens is 224 g/mol. The summed E-state index contributed by atoms with van der Waals surface area (Å²) < 4.78 is 31.6. The van der Waals surface area contributed by atoms with E-state index in [1.165, 1.54) is 0 Å². The van der Waals surface area contributed by atoms with Crippen LogP contribution in [0.4, 0.5) is 0 Å². The van der Waals surface area contributed by atoms with E-state index in [1.54, 1.807) is 13.8 Å². The van der Waals surface area contributed by atoms with Gasteiger partial charge in [0.1, 0.15) is 0 Å². The summed E-state index contributed by atoms with van der Waals surface area (Å²) in [6.07, 6.45) is 1.49. The highest BCUT2D eigenvalue weighted by Crippen LogP contribution is 1.82. The molecule has 0 aliphatic heterocycles. The van der Waals surface area contributed by atoms with E-state index in [2.05, 4.69) is 0 Å². The minimum Gasteiger partial charge on any atom is -0.393 e. The highest BCUT2D eigenvalue weighted by Gasteiger charge is 1.84. The fourth-order valence-electron chi connectivity index (χ4n) is 0. The van der Waals surface area contributed by atoms with Gasteiger partial charge in [0.15, 0.2) is 0 Å². The van der Waals surface area contributed by atoms with E-state index in [-0.39, 0.29) is 12.2 Å². The van der Waals surface area contributed by atoms with Crippen LogP contribution < -0.4 is 0 Å². The molecule has 2 atom stereocenters. The van der Waals surface area contributed by atoms with Crippen LogP contribution in [0.25, 0.3) is 0 Å². The van der Waals surface area contributed by atoms with Gasteiger partial charge in [0.2, 0.25) is 0 Å². The summed E-state index contributed by atoms with van der Waals surface area (Å²) in [5, 5.41) is 16.7. The van der Waals surface area contributed by atoms with Crippen molar-refractivity contribution in [3.8, 4) is 0 Å². The Labute approximate surface area is 91.5 Å². The third-order valence-corrected chi connectivity index (χ3v) is 1.18. The molecule has 0 aromatic carbocycles. The first-order valence-electron chi connectivity index (χ1n) is 4.60. The Morgan fingerprint density at radius 3 is 1.00 bits per heavy atom. The molecule has 96 valence electrons. The standard InChI is InChI=1S/2C4H10O.H2O4S/c2*1-3-4(2)5;1-5(2,3)4/h2*4-5H,3H2,1-2H3;(H2,1,2,3,4). The molecule has 7 heteroatoms. The SMILES string of the molecule is CCC(C)O.CCC(C)O.O=S(=O)(O)O. The van der Waals surface area contributed by atoms with Gasteiger partial charge in [-0.2, -0.15) is 8.42 Å². The smallest absolute Gasteiger partial charge is 0.393 e. The summed E-state index contributed by atoms with van der Waals surface area (Å²) in [4.78, 5) is 0. The van der Waals surface area contributed by atoms with Crippen molar-refractivity contribution in [2.75, 3.05) is 0 Å². The average molecular weight is 246 g/mol. The predicted octanol–water partition coefficient (Wildman–Crippen LogP) is 0.902. The second-order valence-electron chi connectivity index (χ2n) is 2.96. The van der Waals surface area contributed by atoms with Gasteiger partial charge in [-0.3, -0.25) is 9.11 Å². The van der Waals surface area contributed by atoms with Crippen molar-refractivity contribution in [3.05, 3.63) is 0 Å². The Hall–Kier alpha value is -0.210. The Kier molecular flexibility index (Phi) is 16.0. The first-order chi connectivity index (χ1) is 6.54. The van der Waals surface area contributed by atoms with Crippen LogP contribution in [0.2, 0.25) is 0 Å². The highest BCUT2D eigenvalue weighted by molar-refractivity contribution is 7.79. The first kappa shape index (κ1) is 20.2. The quantitative estimate of drug-likeness (QED) is 0.538. The summed E-state index contributed by atoms with van der Waals surface area (Å²) in [6, 6.07) is 0. The lowest BCUT2D eigenvalue weighted by Gasteiger charge is -1.90. The zero-order chi connectivity index (χ0) is 13.1.